The summed E-state index contributed by atoms with van der Waals surface area (Å²) in [5.74, 6) is 2.99. The summed E-state index contributed by atoms with van der Waals surface area (Å²) in [5.41, 5.74) is 15.4. The minimum Gasteiger partial charge on any atom is -0.332 e. The van der Waals surface area contributed by atoms with Gasteiger partial charge in [-0.05, 0) is 121 Å². The van der Waals surface area contributed by atoms with Crippen LogP contribution in [0.2, 0.25) is 0 Å². The summed E-state index contributed by atoms with van der Waals surface area (Å²) >= 11 is 10.8. The number of benzene rings is 4. The van der Waals surface area contributed by atoms with Crippen molar-refractivity contribution < 1.29 is 0 Å². The zero-order valence-corrected chi connectivity index (χ0v) is 71.8. The van der Waals surface area contributed by atoms with Crippen LogP contribution in [0.5, 0.6) is 0 Å². The van der Waals surface area contributed by atoms with Crippen molar-refractivity contribution in [3.05, 3.63) is 379 Å². The predicted molar refractivity (Wildman–Crippen MR) is 510 cm³/mol. The molecule has 0 unspecified atom stereocenters. The smallest absolute Gasteiger partial charge is 0.228 e. The average molecular weight is 1780 g/mol. The van der Waals surface area contributed by atoms with Crippen molar-refractivity contribution in [2.45, 2.75) is 0 Å². The lowest BCUT2D eigenvalue weighted by molar-refractivity contribution is 1.16. The quantitative estimate of drug-likeness (QED) is 0.0351. The van der Waals surface area contributed by atoms with Crippen molar-refractivity contribution in [2.24, 2.45) is 0 Å². The maximum absolute atomic E-state index is 4.58. The largest absolute Gasteiger partial charge is 0.332 e. The van der Waals surface area contributed by atoms with Crippen molar-refractivity contribution in [2.75, 3.05) is 37.2 Å². The van der Waals surface area contributed by atoms with Crippen molar-refractivity contribution in [3.8, 4) is 79.2 Å². The molecule has 21 rings (SSSR count). The van der Waals surface area contributed by atoms with E-state index in [4.69, 9.17) is 0 Å². The highest BCUT2D eigenvalue weighted by Gasteiger charge is 2.13. The standard InChI is InChI=1S/C15H12N2S.C14H11N3S.2C13H10N4S.3C12H9N5S/c1-3-7-12(8-4-1)14-11-18-15(17-14)16-13-9-5-2-6-10-13;1-2-6-11(7-3-1)16-14-17-13(10-18-14)12-8-4-5-9-15-12;1-3-7-14-10(5-1)11-9-18-13(16-11)17-12-6-2-4-8-15-12;1-2-5-10(6-3-1)11-9-18-13(16-11)17-12-14-7-4-8-15-12;1-4-14-11(15-5-1)17-12-16-10(8-18-12)9-2-6-13-7-3-9;1-3-9(7-13-4-1)10-8-18-12(16-10)17-11-14-5-2-6-15-11;1-2-5-13-9(4-1)10-8-18-12(16-10)17-11-14-6-3-7-15-11/h1-11H,(H,16,17);1-10H,(H,16,17);1-9H,(H,15,16,17);1-9H,(H,14,15,16,17);3*1-8H,(H,14,15,16,17). The number of thiazole rings is 7. The Hall–Kier alpha value is -15.9. The number of nitrogens with one attached hydrogen (secondary N) is 7. The SMILES string of the molecule is c1ccc(-c2csc(Nc3ncccn3)n2)cc1.c1ccc(-c2csc(Nc3ncccn3)n2)nc1.c1ccc(Nc2nc(-c3ccccc3)cs2)cc1.c1ccc(Nc2nc(-c3ccccn3)cs2)cc1.c1ccc(Nc2nc(-c3ccccn3)cs2)nc1.c1cnc(Nc2nc(-c3cccnc3)cs2)nc1.c1cnc(Nc2nc(-c3ccncc3)cs2)nc1. The van der Waals surface area contributed by atoms with Crippen LogP contribution < -0.4 is 37.2 Å². The first-order valence-corrected chi connectivity index (χ1v) is 44.4. The molecule has 616 valence electrons. The molecule has 0 saturated heterocycles. The van der Waals surface area contributed by atoms with Gasteiger partial charge in [0.25, 0.3) is 0 Å². The van der Waals surface area contributed by atoms with Gasteiger partial charge in [-0.3, -0.25) is 24.9 Å². The molecule has 21 aromatic rings. The third-order valence-electron chi connectivity index (χ3n) is 16.5. The van der Waals surface area contributed by atoms with Gasteiger partial charge >= 0.3 is 0 Å². The lowest BCUT2D eigenvalue weighted by atomic mass is 10.2. The molecule has 0 spiro atoms. The van der Waals surface area contributed by atoms with E-state index in [9.17, 15) is 0 Å². The third kappa shape index (κ3) is 26.8. The zero-order valence-electron chi connectivity index (χ0n) is 66.1. The molecule has 17 aromatic heterocycles. The van der Waals surface area contributed by atoms with E-state index in [1.807, 2.05) is 239 Å². The van der Waals surface area contributed by atoms with E-state index in [2.05, 4.69) is 159 Å². The van der Waals surface area contributed by atoms with Crippen LogP contribution in [-0.4, -0.2) is 105 Å². The lowest BCUT2D eigenvalue weighted by Gasteiger charge is -2.00. The maximum Gasteiger partial charge on any atom is 0.228 e. The van der Waals surface area contributed by atoms with E-state index in [1.54, 1.807) is 146 Å². The molecule has 0 fully saturated rings. The first-order valence-electron chi connectivity index (χ1n) is 38.2. The molecule has 0 radical (unpaired) electrons. The fourth-order valence-electron chi connectivity index (χ4n) is 10.7. The van der Waals surface area contributed by atoms with Gasteiger partial charge in [0.1, 0.15) is 22.9 Å². The number of rotatable bonds is 21. The van der Waals surface area contributed by atoms with Crippen LogP contribution >= 0.6 is 79.4 Å². The predicted octanol–water partition coefficient (Wildman–Crippen LogP) is 23.4. The summed E-state index contributed by atoms with van der Waals surface area (Å²) in [5, 5.41) is 41.7. The van der Waals surface area contributed by atoms with Crippen LogP contribution in [0.1, 0.15) is 0 Å². The van der Waals surface area contributed by atoms with Crippen LogP contribution in [0, 0.1) is 0 Å². The Morgan fingerprint density at radius 1 is 0.167 bits per heavy atom. The number of hydrogen-bond donors (Lipinski definition) is 7. The number of hydrogen-bond acceptors (Lipinski definition) is 35. The van der Waals surface area contributed by atoms with Gasteiger partial charge in [-0.15, -0.1) is 79.4 Å². The Kier molecular flexibility index (Phi) is 31.2. The summed E-state index contributed by atoms with van der Waals surface area (Å²) in [6.07, 6.45) is 27.6. The molecule has 126 heavy (non-hydrogen) atoms. The Labute approximate surface area is 751 Å². The third-order valence-corrected chi connectivity index (χ3v) is 21.8. The van der Waals surface area contributed by atoms with Crippen molar-refractivity contribution in [3.63, 3.8) is 0 Å². The van der Waals surface area contributed by atoms with Gasteiger partial charge < -0.3 is 37.2 Å². The summed E-state index contributed by atoms with van der Waals surface area (Å²) in [7, 11) is 0. The number of para-hydroxylation sites is 2. The van der Waals surface area contributed by atoms with Crippen LogP contribution in [0.25, 0.3) is 79.2 Å². The molecular weight excluding hydrogens is 1710 g/mol. The Morgan fingerprint density at radius 3 is 0.754 bits per heavy atom. The van der Waals surface area contributed by atoms with Crippen LogP contribution in [0.4, 0.5) is 76.9 Å². The fraction of sp³-hybridized carbons (Fsp3) is 0. The van der Waals surface area contributed by atoms with Crippen molar-refractivity contribution in [1.29, 1.82) is 0 Å². The Balaban J connectivity index is 0.000000113. The molecule has 0 bridgehead atoms. The zero-order chi connectivity index (χ0) is 85.5. The highest BCUT2D eigenvalue weighted by Crippen LogP contribution is 2.33. The Bertz CT molecular complexity index is 5480. The number of aromatic nitrogens is 21. The van der Waals surface area contributed by atoms with E-state index < -0.39 is 0 Å². The summed E-state index contributed by atoms with van der Waals surface area (Å²) in [6.45, 7) is 0. The normalized spacial score (nSPS) is 10.2. The second-order valence-corrected chi connectivity index (χ2v) is 31.2. The maximum atomic E-state index is 4.58. The van der Waals surface area contributed by atoms with E-state index in [0.29, 0.717) is 23.8 Å². The average Bonchev–Trinajstić information content (AvgIpc) is 1.75. The fourth-order valence-corrected chi connectivity index (χ4v) is 15.7. The monoisotopic (exact) mass is 1780 g/mol. The van der Waals surface area contributed by atoms with Gasteiger partial charge in [0.15, 0.2) is 35.9 Å². The topological polar surface area (TPSA) is 355 Å². The van der Waals surface area contributed by atoms with Gasteiger partial charge in [-0.25, -0.2) is 79.7 Å². The summed E-state index contributed by atoms with van der Waals surface area (Å²) in [6, 6.07) is 78.3. The molecule has 0 aliphatic heterocycles. The first-order chi connectivity index (χ1) is 62.4. The number of nitrogens with zero attached hydrogens (tertiary/aromatic N) is 21. The molecule has 0 aliphatic carbocycles. The molecule has 0 atom stereocenters. The molecule has 28 nitrogen and oxygen atoms in total. The van der Waals surface area contributed by atoms with E-state index in [-0.39, 0.29) is 0 Å². The van der Waals surface area contributed by atoms with Crippen molar-refractivity contribution in [1.82, 2.24) is 105 Å². The van der Waals surface area contributed by atoms with Crippen LogP contribution in [0.3, 0.4) is 0 Å². The van der Waals surface area contributed by atoms with Gasteiger partial charge in [0.05, 0.1) is 39.9 Å². The molecule has 4 aromatic carbocycles. The molecule has 35 heteroatoms. The minimum atomic E-state index is 0.541. The minimum absolute atomic E-state index is 0.541. The van der Waals surface area contributed by atoms with Crippen LogP contribution in [-0.2, 0) is 0 Å². The molecular formula is C91H70N28S7. The molecule has 0 amide bonds. The van der Waals surface area contributed by atoms with E-state index >= 15 is 0 Å². The highest BCUT2D eigenvalue weighted by molar-refractivity contribution is 7.16. The van der Waals surface area contributed by atoms with Gasteiger partial charge in [-0.2, -0.15) is 0 Å². The van der Waals surface area contributed by atoms with Gasteiger partial charge in [0, 0.05) is 170 Å². The molecule has 7 N–H and O–H groups in total. The summed E-state index contributed by atoms with van der Waals surface area (Å²) < 4.78 is 0. The van der Waals surface area contributed by atoms with E-state index in [1.165, 1.54) is 56.7 Å². The second-order valence-electron chi connectivity index (χ2n) is 25.2. The number of anilines is 14. The molecule has 0 aliphatic rings. The van der Waals surface area contributed by atoms with E-state index in [0.717, 1.165) is 132 Å². The van der Waals surface area contributed by atoms with Crippen molar-refractivity contribution >= 4 is 156 Å². The molecule has 17 heterocycles. The first kappa shape index (κ1) is 85.1. The highest BCUT2D eigenvalue weighted by atomic mass is 32.1. The lowest BCUT2D eigenvalue weighted by Crippen LogP contribution is -1.95. The Morgan fingerprint density at radius 2 is 0.437 bits per heavy atom. The number of pyridine rings is 6. The van der Waals surface area contributed by atoms with Gasteiger partial charge in [0.2, 0.25) is 23.8 Å². The molecule has 0 saturated carbocycles. The van der Waals surface area contributed by atoms with Gasteiger partial charge in [-0.1, -0.05) is 121 Å². The van der Waals surface area contributed by atoms with Crippen LogP contribution in [0.15, 0.2) is 379 Å². The summed E-state index contributed by atoms with van der Waals surface area (Å²) in [4.78, 5) is 89.3. The second kappa shape index (κ2) is 46.2.